The van der Waals surface area contributed by atoms with Crippen molar-refractivity contribution in [3.8, 4) is 11.5 Å². The molecule has 1 aliphatic carbocycles. The van der Waals surface area contributed by atoms with Gasteiger partial charge < -0.3 is 33.5 Å². The fourth-order valence-electron chi connectivity index (χ4n) is 5.34. The molecule has 0 radical (unpaired) electrons. The van der Waals surface area contributed by atoms with E-state index in [-0.39, 0.29) is 12.5 Å². The minimum atomic E-state index is -0.860. The molecule has 4 aromatic rings. The molecule has 1 N–H and O–H groups in total. The number of aliphatic hydroxyl groups is 1. The van der Waals surface area contributed by atoms with Gasteiger partial charge in [-0.2, -0.15) is 0 Å². The van der Waals surface area contributed by atoms with Crippen LogP contribution in [-0.4, -0.2) is 50.3 Å². The third-order valence-electron chi connectivity index (χ3n) is 7.75. The van der Waals surface area contributed by atoms with Crippen LogP contribution in [0.1, 0.15) is 22.3 Å². The van der Waals surface area contributed by atoms with E-state index in [2.05, 4.69) is 0 Å². The van der Waals surface area contributed by atoms with E-state index in [1.807, 2.05) is 109 Å². The third-order valence-corrected chi connectivity index (χ3v) is 7.75. The van der Waals surface area contributed by atoms with Gasteiger partial charge in [-0.25, -0.2) is 0 Å². The first-order valence-electron chi connectivity index (χ1n) is 14.6. The van der Waals surface area contributed by atoms with Gasteiger partial charge in [-0.15, -0.1) is 0 Å². The van der Waals surface area contributed by atoms with Crippen LogP contribution in [0.4, 0.5) is 0 Å². The Bertz CT molecular complexity index is 1350. The van der Waals surface area contributed by atoms with Crippen LogP contribution >= 0.6 is 0 Å². The molecule has 1 aliphatic rings. The maximum Gasteiger partial charge on any atom is 0.118 e. The molecule has 0 saturated heterocycles. The Morgan fingerprint density at radius 2 is 0.907 bits per heavy atom. The maximum absolute atomic E-state index is 11.7. The smallest absolute Gasteiger partial charge is 0.118 e. The Morgan fingerprint density at radius 1 is 0.488 bits per heavy atom. The summed E-state index contributed by atoms with van der Waals surface area (Å²) >= 11 is 0. The van der Waals surface area contributed by atoms with Crippen molar-refractivity contribution in [2.75, 3.05) is 20.8 Å². The lowest BCUT2D eigenvalue weighted by Gasteiger charge is -2.27. The van der Waals surface area contributed by atoms with Gasteiger partial charge in [0.05, 0.1) is 59.5 Å². The number of benzene rings is 4. The van der Waals surface area contributed by atoms with Crippen molar-refractivity contribution < 1.29 is 33.5 Å². The van der Waals surface area contributed by atoms with Crippen LogP contribution in [0.15, 0.2) is 109 Å². The van der Waals surface area contributed by atoms with E-state index < -0.39 is 24.4 Å². The third kappa shape index (κ3) is 8.44. The summed E-state index contributed by atoms with van der Waals surface area (Å²) in [6.07, 6.45) is -2.50. The molecule has 0 amide bonds. The predicted molar refractivity (Wildman–Crippen MR) is 164 cm³/mol. The van der Waals surface area contributed by atoms with Crippen LogP contribution in [0.3, 0.4) is 0 Å². The van der Waals surface area contributed by atoms with Gasteiger partial charge in [0.15, 0.2) is 0 Å². The van der Waals surface area contributed by atoms with E-state index in [1.165, 1.54) is 0 Å². The Hall–Kier alpha value is -3.72. The van der Waals surface area contributed by atoms with Crippen molar-refractivity contribution >= 4 is 0 Å². The molecule has 0 bridgehead atoms. The summed E-state index contributed by atoms with van der Waals surface area (Å²) in [5.74, 6) is 1.19. The van der Waals surface area contributed by atoms with E-state index in [0.29, 0.717) is 26.4 Å². The second-order valence-electron chi connectivity index (χ2n) is 10.7. The van der Waals surface area contributed by atoms with Gasteiger partial charge in [-0.1, -0.05) is 84.9 Å². The van der Waals surface area contributed by atoms with Crippen LogP contribution in [0.5, 0.6) is 11.5 Å². The summed E-state index contributed by atoms with van der Waals surface area (Å²) in [6.45, 7) is 1.73. The summed E-state index contributed by atoms with van der Waals surface area (Å²) in [4.78, 5) is 0. The first-order valence-corrected chi connectivity index (χ1v) is 14.6. The Morgan fingerprint density at radius 3 is 1.40 bits per heavy atom. The monoisotopic (exact) mass is 584 g/mol. The Labute approximate surface area is 253 Å². The standard InChI is InChI=1S/C36H40O7/c1-38-30-17-13-28(14-18-30)23-41-34-32(25-40-21-26-9-5-3-6-10-26)33(37)35(42-22-27-11-7-4-8-12-27)36(34)43-24-29-15-19-31(39-2)20-16-29/h3-20,32-37H,21-25H2,1-2H3/t32-,33+,34+,35-,36-/m0/s1. The highest BCUT2D eigenvalue weighted by Crippen LogP contribution is 2.36. The fourth-order valence-corrected chi connectivity index (χ4v) is 5.34. The number of aliphatic hydroxyl groups excluding tert-OH is 1. The van der Waals surface area contributed by atoms with E-state index in [4.69, 9.17) is 28.4 Å². The summed E-state index contributed by atoms with van der Waals surface area (Å²) in [6, 6.07) is 35.4. The van der Waals surface area contributed by atoms with Crippen molar-refractivity contribution in [3.63, 3.8) is 0 Å². The average Bonchev–Trinajstić information content (AvgIpc) is 3.32. The predicted octanol–water partition coefficient (Wildman–Crippen LogP) is 5.97. The molecule has 5 rings (SSSR count). The number of methoxy groups -OCH3 is 2. The number of hydrogen-bond donors (Lipinski definition) is 1. The molecule has 0 heterocycles. The second-order valence-corrected chi connectivity index (χ2v) is 10.7. The van der Waals surface area contributed by atoms with Crippen molar-refractivity contribution in [1.82, 2.24) is 0 Å². The quantitative estimate of drug-likeness (QED) is 0.185. The molecule has 0 spiro atoms. The van der Waals surface area contributed by atoms with Crippen molar-refractivity contribution in [2.45, 2.75) is 50.8 Å². The highest BCUT2D eigenvalue weighted by molar-refractivity contribution is 5.27. The molecule has 226 valence electrons. The van der Waals surface area contributed by atoms with Crippen LogP contribution in [0.25, 0.3) is 0 Å². The first-order chi connectivity index (χ1) is 21.1. The van der Waals surface area contributed by atoms with Gasteiger partial charge in [0, 0.05) is 5.92 Å². The van der Waals surface area contributed by atoms with Crippen LogP contribution < -0.4 is 9.47 Å². The lowest BCUT2D eigenvalue weighted by Crippen LogP contribution is -2.38. The number of hydrogen-bond acceptors (Lipinski definition) is 7. The summed E-state index contributed by atoms with van der Waals surface area (Å²) in [7, 11) is 3.29. The zero-order valence-corrected chi connectivity index (χ0v) is 24.7. The molecule has 0 aromatic heterocycles. The molecule has 4 aromatic carbocycles. The van der Waals surface area contributed by atoms with Crippen LogP contribution in [0, 0.1) is 5.92 Å². The van der Waals surface area contributed by atoms with Gasteiger partial charge in [0.1, 0.15) is 23.7 Å². The average molecular weight is 585 g/mol. The molecule has 0 aliphatic heterocycles. The van der Waals surface area contributed by atoms with Crippen LogP contribution in [-0.2, 0) is 45.4 Å². The second kappa shape index (κ2) is 15.7. The van der Waals surface area contributed by atoms with Crippen LogP contribution in [0.2, 0.25) is 0 Å². The highest BCUT2D eigenvalue weighted by Gasteiger charge is 2.52. The van der Waals surface area contributed by atoms with Gasteiger partial charge in [-0.3, -0.25) is 0 Å². The maximum atomic E-state index is 11.7. The fraction of sp³-hybridized carbons (Fsp3) is 0.333. The minimum absolute atomic E-state index is 0.289. The molecule has 1 fully saturated rings. The van der Waals surface area contributed by atoms with E-state index in [1.54, 1.807) is 14.2 Å². The molecule has 5 atom stereocenters. The molecule has 7 heteroatoms. The normalized spacial score (nSPS) is 21.5. The Kier molecular flexibility index (Phi) is 11.2. The minimum Gasteiger partial charge on any atom is -0.497 e. The van der Waals surface area contributed by atoms with E-state index in [0.717, 1.165) is 33.8 Å². The molecule has 7 nitrogen and oxygen atoms in total. The summed E-state index contributed by atoms with van der Waals surface area (Å²) < 4.78 is 36.3. The van der Waals surface area contributed by atoms with Gasteiger partial charge in [0.25, 0.3) is 0 Å². The van der Waals surface area contributed by atoms with Gasteiger partial charge >= 0.3 is 0 Å². The molecular formula is C36H40O7. The lowest BCUT2D eigenvalue weighted by molar-refractivity contribution is -0.135. The van der Waals surface area contributed by atoms with Gasteiger partial charge in [-0.05, 0) is 46.5 Å². The van der Waals surface area contributed by atoms with Crippen molar-refractivity contribution in [2.24, 2.45) is 5.92 Å². The lowest BCUT2D eigenvalue weighted by atomic mass is 10.0. The van der Waals surface area contributed by atoms with Gasteiger partial charge in [0.2, 0.25) is 0 Å². The zero-order chi connectivity index (χ0) is 29.9. The molecule has 43 heavy (non-hydrogen) atoms. The highest BCUT2D eigenvalue weighted by atomic mass is 16.6. The largest absolute Gasteiger partial charge is 0.497 e. The van der Waals surface area contributed by atoms with E-state index >= 15 is 0 Å². The zero-order valence-electron chi connectivity index (χ0n) is 24.7. The van der Waals surface area contributed by atoms with E-state index in [9.17, 15) is 5.11 Å². The number of rotatable bonds is 15. The summed E-state index contributed by atoms with van der Waals surface area (Å²) in [5, 5.41) is 11.7. The molecule has 1 saturated carbocycles. The topological polar surface area (TPSA) is 75.6 Å². The summed E-state index contributed by atoms with van der Waals surface area (Å²) in [5.41, 5.74) is 4.05. The number of ether oxygens (including phenoxy) is 6. The molecular weight excluding hydrogens is 544 g/mol. The SMILES string of the molecule is COc1ccc(CO[C@H]2[C@H](OCc3ccc(OC)cc3)[C@@H](COCc3ccccc3)[C@@H](O)[C@@H]2OCc2ccccc2)cc1. The van der Waals surface area contributed by atoms with Crippen molar-refractivity contribution in [3.05, 3.63) is 131 Å². The van der Waals surface area contributed by atoms with Crippen molar-refractivity contribution in [1.29, 1.82) is 0 Å². The molecule has 0 unspecified atom stereocenters. The Balaban J connectivity index is 1.36. The first kappa shape index (κ1) is 30.7.